The van der Waals surface area contributed by atoms with Gasteiger partial charge in [-0.05, 0) is 55.5 Å². The summed E-state index contributed by atoms with van der Waals surface area (Å²) in [5.74, 6) is 0.763. The standard InChI is InChI=1S/C27H37N3O4/c1-19(31)28-12-14-29(15-13-28)26(33)22-7-5-6-21-17-30(18-23(21)22)27(2,3)11-10-20-8-9-24(32)25(16-20)34-4/h5-9,16,26,32-33H,10-15,17-18H2,1-4H3. The minimum Gasteiger partial charge on any atom is -0.504 e. The predicted octanol–water partition coefficient (Wildman–Crippen LogP) is 3.28. The number of ether oxygens (including phenoxy) is 1. The number of hydrogen-bond donors (Lipinski definition) is 2. The summed E-state index contributed by atoms with van der Waals surface area (Å²) in [4.78, 5) is 18.0. The lowest BCUT2D eigenvalue weighted by Gasteiger charge is -2.38. The van der Waals surface area contributed by atoms with Gasteiger partial charge in [-0.25, -0.2) is 0 Å². The summed E-state index contributed by atoms with van der Waals surface area (Å²) >= 11 is 0. The second-order valence-corrected chi connectivity index (χ2v) is 10.1. The maximum absolute atomic E-state index is 11.6. The summed E-state index contributed by atoms with van der Waals surface area (Å²) in [6.45, 7) is 10.5. The fourth-order valence-corrected chi connectivity index (χ4v) is 5.08. The van der Waals surface area contributed by atoms with Gasteiger partial charge in [0.05, 0.1) is 7.11 Å². The van der Waals surface area contributed by atoms with E-state index in [1.54, 1.807) is 20.1 Å². The predicted molar refractivity (Wildman–Crippen MR) is 132 cm³/mol. The average Bonchev–Trinajstić information content (AvgIpc) is 3.29. The number of hydrogen-bond acceptors (Lipinski definition) is 6. The van der Waals surface area contributed by atoms with Gasteiger partial charge in [0, 0.05) is 57.3 Å². The highest BCUT2D eigenvalue weighted by Gasteiger charge is 2.35. The maximum atomic E-state index is 11.6. The second-order valence-electron chi connectivity index (χ2n) is 10.1. The Kier molecular flexibility index (Phi) is 7.17. The number of rotatable bonds is 7. The average molecular weight is 468 g/mol. The summed E-state index contributed by atoms with van der Waals surface area (Å²) < 4.78 is 5.26. The first-order valence-electron chi connectivity index (χ1n) is 12.1. The van der Waals surface area contributed by atoms with Gasteiger partial charge in [0.1, 0.15) is 6.23 Å². The number of aliphatic hydroxyl groups is 1. The summed E-state index contributed by atoms with van der Waals surface area (Å²) in [6.07, 6.45) is 1.18. The molecule has 2 heterocycles. The Hall–Kier alpha value is -2.61. The summed E-state index contributed by atoms with van der Waals surface area (Å²) in [6, 6.07) is 11.8. The monoisotopic (exact) mass is 467 g/mol. The van der Waals surface area contributed by atoms with E-state index < -0.39 is 6.23 Å². The van der Waals surface area contributed by atoms with Gasteiger partial charge in [0.15, 0.2) is 11.5 Å². The van der Waals surface area contributed by atoms with Crippen LogP contribution in [0.1, 0.15) is 55.7 Å². The first-order chi connectivity index (χ1) is 16.2. The Balaban J connectivity index is 1.42. The van der Waals surface area contributed by atoms with Gasteiger partial charge >= 0.3 is 0 Å². The molecule has 7 nitrogen and oxygen atoms in total. The van der Waals surface area contributed by atoms with Crippen LogP contribution < -0.4 is 4.74 Å². The molecule has 0 aromatic heterocycles. The first kappa shape index (κ1) is 24.5. The Labute approximate surface area is 202 Å². The summed E-state index contributed by atoms with van der Waals surface area (Å²) in [5, 5.41) is 21.1. The second kappa shape index (κ2) is 9.94. The zero-order valence-electron chi connectivity index (χ0n) is 20.8. The molecule has 0 spiro atoms. The first-order valence-corrected chi connectivity index (χ1v) is 12.1. The number of phenolic OH excluding ortho intramolecular Hbond substituents is 1. The Morgan fingerprint density at radius 2 is 1.85 bits per heavy atom. The Morgan fingerprint density at radius 1 is 1.12 bits per heavy atom. The third-order valence-corrected chi connectivity index (χ3v) is 7.53. The molecule has 184 valence electrons. The van der Waals surface area contributed by atoms with E-state index in [1.807, 2.05) is 29.2 Å². The number of phenols is 1. The van der Waals surface area contributed by atoms with Gasteiger partial charge in [-0.1, -0.05) is 24.3 Å². The van der Waals surface area contributed by atoms with Crippen LogP contribution >= 0.6 is 0 Å². The Morgan fingerprint density at radius 3 is 2.53 bits per heavy atom. The molecular formula is C27H37N3O4. The molecule has 34 heavy (non-hydrogen) atoms. The van der Waals surface area contributed by atoms with Gasteiger partial charge in [-0.15, -0.1) is 0 Å². The zero-order valence-corrected chi connectivity index (χ0v) is 20.8. The molecule has 2 aromatic carbocycles. The SMILES string of the molecule is COc1cc(CCC(C)(C)N2Cc3cccc(C(O)N4CCN(C(C)=O)CC4)c3C2)ccc1O. The zero-order chi connectivity index (χ0) is 24.5. The highest BCUT2D eigenvalue weighted by Crippen LogP contribution is 2.37. The van der Waals surface area contributed by atoms with Gasteiger partial charge < -0.3 is 19.8 Å². The molecule has 0 radical (unpaired) electrons. The molecule has 1 unspecified atom stereocenters. The van der Waals surface area contributed by atoms with Crippen LogP contribution in [0, 0.1) is 0 Å². The molecule has 0 saturated carbocycles. The number of aliphatic hydroxyl groups excluding tert-OH is 1. The molecule has 1 fully saturated rings. The molecular weight excluding hydrogens is 430 g/mol. The number of aryl methyl sites for hydroxylation is 1. The van der Waals surface area contributed by atoms with E-state index in [0.29, 0.717) is 31.9 Å². The van der Waals surface area contributed by atoms with Crippen molar-refractivity contribution in [3.8, 4) is 11.5 Å². The number of carbonyl (C=O) groups is 1. The molecule has 2 N–H and O–H groups in total. The van der Waals surface area contributed by atoms with Crippen molar-refractivity contribution in [1.82, 2.24) is 14.7 Å². The minimum absolute atomic E-state index is 0.0422. The molecule has 4 rings (SSSR count). The van der Waals surface area contributed by atoms with Crippen molar-refractivity contribution in [3.63, 3.8) is 0 Å². The molecule has 2 aliphatic rings. The Bertz CT molecular complexity index is 1030. The molecule has 1 saturated heterocycles. The molecule has 7 heteroatoms. The lowest BCUT2D eigenvalue weighted by molar-refractivity contribution is -0.132. The van der Waals surface area contributed by atoms with Crippen LogP contribution in [-0.2, 0) is 24.3 Å². The van der Waals surface area contributed by atoms with Crippen molar-refractivity contribution in [2.75, 3.05) is 33.3 Å². The van der Waals surface area contributed by atoms with E-state index in [0.717, 1.165) is 37.1 Å². The summed E-state index contributed by atoms with van der Waals surface area (Å²) in [7, 11) is 1.57. The molecule has 2 aliphatic heterocycles. The minimum atomic E-state index is -0.656. The lowest BCUT2D eigenvalue weighted by Crippen LogP contribution is -2.49. The van der Waals surface area contributed by atoms with Gasteiger partial charge in [-0.3, -0.25) is 14.6 Å². The van der Waals surface area contributed by atoms with Crippen molar-refractivity contribution in [3.05, 3.63) is 58.7 Å². The smallest absolute Gasteiger partial charge is 0.219 e. The van der Waals surface area contributed by atoms with E-state index >= 15 is 0 Å². The highest BCUT2D eigenvalue weighted by molar-refractivity contribution is 5.73. The molecule has 2 aromatic rings. The maximum Gasteiger partial charge on any atom is 0.219 e. The van der Waals surface area contributed by atoms with Crippen molar-refractivity contribution in [2.45, 2.75) is 58.5 Å². The van der Waals surface area contributed by atoms with Crippen molar-refractivity contribution >= 4 is 5.91 Å². The van der Waals surface area contributed by atoms with E-state index in [-0.39, 0.29) is 17.2 Å². The van der Waals surface area contributed by atoms with E-state index in [1.165, 1.54) is 11.1 Å². The van der Waals surface area contributed by atoms with E-state index in [9.17, 15) is 15.0 Å². The highest BCUT2D eigenvalue weighted by atomic mass is 16.5. The largest absolute Gasteiger partial charge is 0.504 e. The fraction of sp³-hybridized carbons (Fsp3) is 0.519. The quantitative estimate of drug-likeness (QED) is 0.651. The number of carbonyl (C=O) groups excluding carboxylic acids is 1. The molecule has 1 atom stereocenters. The van der Waals surface area contributed by atoms with Gasteiger partial charge in [0.25, 0.3) is 0 Å². The van der Waals surface area contributed by atoms with Crippen LogP contribution in [0.2, 0.25) is 0 Å². The van der Waals surface area contributed by atoms with E-state index in [4.69, 9.17) is 4.74 Å². The molecule has 1 amide bonds. The fourth-order valence-electron chi connectivity index (χ4n) is 5.08. The lowest BCUT2D eigenvalue weighted by atomic mass is 9.93. The normalized spacial score (nSPS) is 18.1. The number of piperazine rings is 1. The number of amides is 1. The van der Waals surface area contributed by atoms with Crippen LogP contribution in [0.5, 0.6) is 11.5 Å². The number of methoxy groups -OCH3 is 1. The molecule has 0 bridgehead atoms. The number of fused-ring (bicyclic) bond motifs is 1. The van der Waals surface area contributed by atoms with Crippen LogP contribution in [0.4, 0.5) is 0 Å². The number of nitrogens with zero attached hydrogens (tertiary/aromatic N) is 3. The van der Waals surface area contributed by atoms with Crippen molar-refractivity contribution in [2.24, 2.45) is 0 Å². The van der Waals surface area contributed by atoms with Crippen LogP contribution in [0.25, 0.3) is 0 Å². The van der Waals surface area contributed by atoms with Crippen molar-refractivity contribution in [1.29, 1.82) is 0 Å². The topological polar surface area (TPSA) is 76.5 Å². The van der Waals surface area contributed by atoms with Crippen molar-refractivity contribution < 1.29 is 19.7 Å². The third-order valence-electron chi connectivity index (χ3n) is 7.53. The number of aromatic hydroxyl groups is 1. The van der Waals surface area contributed by atoms with Crippen LogP contribution in [-0.4, -0.2) is 69.6 Å². The van der Waals surface area contributed by atoms with Gasteiger partial charge in [0.2, 0.25) is 5.91 Å². The van der Waals surface area contributed by atoms with Gasteiger partial charge in [-0.2, -0.15) is 0 Å². The number of benzene rings is 2. The van der Waals surface area contributed by atoms with Crippen LogP contribution in [0.15, 0.2) is 36.4 Å². The molecule has 0 aliphatic carbocycles. The third kappa shape index (κ3) is 5.06. The van der Waals surface area contributed by atoms with E-state index in [2.05, 4.69) is 29.7 Å². The van der Waals surface area contributed by atoms with Crippen LogP contribution in [0.3, 0.4) is 0 Å². The summed E-state index contributed by atoms with van der Waals surface area (Å²) in [5.41, 5.74) is 4.58.